The Kier molecular flexibility index (Phi) is 3.39. The first-order chi connectivity index (χ1) is 12.0. The van der Waals surface area contributed by atoms with Crippen molar-refractivity contribution in [3.8, 4) is 16.9 Å². The molecule has 1 aromatic heterocycles. The van der Waals surface area contributed by atoms with E-state index >= 15 is 0 Å². The first kappa shape index (κ1) is 15.4. The van der Waals surface area contributed by atoms with Gasteiger partial charge < -0.3 is 14.5 Å². The molecule has 0 radical (unpaired) electrons. The summed E-state index contributed by atoms with van der Waals surface area (Å²) in [5.41, 5.74) is 4.62. The van der Waals surface area contributed by atoms with Gasteiger partial charge in [0.05, 0.1) is 17.3 Å². The molecule has 2 heterocycles. The minimum Gasteiger partial charge on any atom is -0.507 e. The van der Waals surface area contributed by atoms with E-state index in [1.54, 1.807) is 24.1 Å². The van der Waals surface area contributed by atoms with Gasteiger partial charge in [-0.1, -0.05) is 41.6 Å². The van der Waals surface area contributed by atoms with Crippen molar-refractivity contribution in [2.75, 3.05) is 7.05 Å². The molecule has 1 N–H and O–H groups in total. The molecule has 1 unspecified atom stereocenters. The Hall–Kier alpha value is -3.08. The molecule has 1 aliphatic heterocycles. The highest BCUT2D eigenvalue weighted by molar-refractivity contribution is 6.06. The number of amides is 1. The van der Waals surface area contributed by atoms with Crippen molar-refractivity contribution in [1.29, 1.82) is 0 Å². The summed E-state index contributed by atoms with van der Waals surface area (Å²) in [6.45, 7) is 3.74. The van der Waals surface area contributed by atoms with Crippen LogP contribution in [-0.2, 0) is 0 Å². The lowest BCUT2D eigenvalue weighted by Crippen LogP contribution is -2.24. The van der Waals surface area contributed by atoms with E-state index in [2.05, 4.69) is 5.16 Å². The Bertz CT molecular complexity index is 971. The van der Waals surface area contributed by atoms with Gasteiger partial charge in [0.2, 0.25) is 0 Å². The number of carbonyl (C=O) groups is 1. The van der Waals surface area contributed by atoms with E-state index in [9.17, 15) is 9.90 Å². The first-order valence-electron chi connectivity index (χ1n) is 8.12. The van der Waals surface area contributed by atoms with Crippen molar-refractivity contribution in [2.24, 2.45) is 0 Å². The summed E-state index contributed by atoms with van der Waals surface area (Å²) in [5.74, 6) is 0.800. The molecule has 4 rings (SSSR count). The van der Waals surface area contributed by atoms with Crippen molar-refractivity contribution in [3.05, 3.63) is 70.6 Å². The number of aromatic hydroxyl groups is 1. The van der Waals surface area contributed by atoms with Gasteiger partial charge in [0.15, 0.2) is 0 Å². The summed E-state index contributed by atoms with van der Waals surface area (Å²) in [4.78, 5) is 14.7. The summed E-state index contributed by atoms with van der Waals surface area (Å²) in [7, 11) is 1.79. The summed E-state index contributed by atoms with van der Waals surface area (Å²) < 4.78 is 5.31. The number of benzene rings is 2. The Labute approximate surface area is 145 Å². The molecule has 1 atom stereocenters. The third-order valence-electron chi connectivity index (χ3n) is 4.87. The molecule has 0 bridgehead atoms. The van der Waals surface area contributed by atoms with E-state index in [1.165, 1.54) is 0 Å². The van der Waals surface area contributed by atoms with Crippen LogP contribution in [0.15, 0.2) is 47.0 Å². The van der Waals surface area contributed by atoms with Crippen LogP contribution in [0.4, 0.5) is 0 Å². The summed E-state index contributed by atoms with van der Waals surface area (Å²) in [6.07, 6.45) is 0. The predicted octanol–water partition coefficient (Wildman–Crippen LogP) is 3.84. The molecular formula is C20H18N2O3. The molecule has 1 amide bonds. The summed E-state index contributed by atoms with van der Waals surface area (Å²) in [6, 6.07) is 12.6. The van der Waals surface area contributed by atoms with Crippen LogP contribution in [0, 0.1) is 13.8 Å². The third-order valence-corrected chi connectivity index (χ3v) is 4.87. The SMILES string of the molecule is Cc1noc(C)c1C1c2cccc(-c3ccccc3O)c2C(=O)N1C. The molecule has 25 heavy (non-hydrogen) atoms. The lowest BCUT2D eigenvalue weighted by Gasteiger charge is -2.20. The number of aromatic nitrogens is 1. The zero-order valence-corrected chi connectivity index (χ0v) is 14.3. The van der Waals surface area contributed by atoms with Crippen molar-refractivity contribution in [3.63, 3.8) is 0 Å². The maximum Gasteiger partial charge on any atom is 0.255 e. The number of aryl methyl sites for hydroxylation is 2. The van der Waals surface area contributed by atoms with Crippen molar-refractivity contribution >= 4 is 5.91 Å². The van der Waals surface area contributed by atoms with Gasteiger partial charge in [-0.2, -0.15) is 0 Å². The molecule has 0 aliphatic carbocycles. The minimum absolute atomic E-state index is 0.0705. The predicted molar refractivity (Wildman–Crippen MR) is 93.5 cm³/mol. The van der Waals surface area contributed by atoms with E-state index in [4.69, 9.17) is 4.52 Å². The van der Waals surface area contributed by atoms with E-state index in [-0.39, 0.29) is 17.7 Å². The fourth-order valence-electron chi connectivity index (χ4n) is 3.69. The smallest absolute Gasteiger partial charge is 0.255 e. The maximum absolute atomic E-state index is 13.0. The van der Waals surface area contributed by atoms with Crippen LogP contribution in [0.2, 0.25) is 0 Å². The number of carbonyl (C=O) groups excluding carboxylic acids is 1. The number of fused-ring (bicyclic) bond motifs is 1. The van der Waals surface area contributed by atoms with Gasteiger partial charge in [0, 0.05) is 18.2 Å². The largest absolute Gasteiger partial charge is 0.507 e. The fourth-order valence-corrected chi connectivity index (χ4v) is 3.69. The topological polar surface area (TPSA) is 66.6 Å². The Morgan fingerprint density at radius 2 is 1.80 bits per heavy atom. The lowest BCUT2D eigenvalue weighted by molar-refractivity contribution is 0.0793. The zero-order chi connectivity index (χ0) is 17.7. The summed E-state index contributed by atoms with van der Waals surface area (Å²) >= 11 is 0. The van der Waals surface area contributed by atoms with Gasteiger partial charge in [-0.3, -0.25) is 4.79 Å². The van der Waals surface area contributed by atoms with Crippen LogP contribution in [0.1, 0.15) is 39.0 Å². The van der Waals surface area contributed by atoms with Crippen LogP contribution in [-0.4, -0.2) is 28.1 Å². The van der Waals surface area contributed by atoms with Gasteiger partial charge in [-0.05, 0) is 31.0 Å². The summed E-state index contributed by atoms with van der Waals surface area (Å²) in [5, 5.41) is 14.3. The minimum atomic E-state index is -0.237. The van der Waals surface area contributed by atoms with E-state index in [0.717, 1.165) is 22.4 Å². The number of nitrogens with zero attached hydrogens (tertiary/aromatic N) is 2. The average molecular weight is 334 g/mol. The second kappa shape index (κ2) is 5.48. The number of phenols is 1. The van der Waals surface area contributed by atoms with Crippen LogP contribution in [0.5, 0.6) is 5.75 Å². The second-order valence-corrected chi connectivity index (χ2v) is 6.34. The quantitative estimate of drug-likeness (QED) is 0.773. The average Bonchev–Trinajstić information content (AvgIpc) is 3.05. The van der Waals surface area contributed by atoms with Crippen molar-refractivity contribution in [1.82, 2.24) is 10.1 Å². The highest BCUT2D eigenvalue weighted by atomic mass is 16.5. The van der Waals surface area contributed by atoms with E-state index < -0.39 is 0 Å². The molecule has 5 nitrogen and oxygen atoms in total. The number of rotatable bonds is 2. The molecule has 1 aliphatic rings. The van der Waals surface area contributed by atoms with Crippen LogP contribution in [0.25, 0.3) is 11.1 Å². The lowest BCUT2D eigenvalue weighted by atomic mass is 9.91. The highest BCUT2D eigenvalue weighted by Crippen LogP contribution is 2.44. The first-order valence-corrected chi connectivity index (χ1v) is 8.12. The number of hydrogen-bond donors (Lipinski definition) is 1. The zero-order valence-electron chi connectivity index (χ0n) is 14.3. The highest BCUT2D eigenvalue weighted by Gasteiger charge is 2.40. The van der Waals surface area contributed by atoms with Gasteiger partial charge in [0.25, 0.3) is 5.91 Å². The standard InChI is InChI=1S/C20H18N2O3/c1-11-17(12(2)25-21-11)19-15-9-6-8-14(18(15)20(24)22(19)3)13-7-4-5-10-16(13)23/h4-10,19,23H,1-3H3. The molecule has 126 valence electrons. The Morgan fingerprint density at radius 3 is 2.48 bits per heavy atom. The van der Waals surface area contributed by atoms with Gasteiger partial charge in [-0.15, -0.1) is 0 Å². The number of hydrogen-bond acceptors (Lipinski definition) is 4. The Balaban J connectivity index is 1.97. The number of para-hydroxylation sites is 1. The molecule has 5 heteroatoms. The molecule has 0 spiro atoms. The van der Waals surface area contributed by atoms with Crippen molar-refractivity contribution in [2.45, 2.75) is 19.9 Å². The number of phenolic OH excluding ortho intramolecular Hbond substituents is 1. The third kappa shape index (κ3) is 2.16. The van der Waals surface area contributed by atoms with Crippen molar-refractivity contribution < 1.29 is 14.4 Å². The Morgan fingerprint density at radius 1 is 1.08 bits per heavy atom. The van der Waals surface area contributed by atoms with Crippen LogP contribution >= 0.6 is 0 Å². The van der Waals surface area contributed by atoms with E-state index in [1.807, 2.05) is 44.2 Å². The molecule has 0 saturated heterocycles. The van der Waals surface area contributed by atoms with Crippen LogP contribution < -0.4 is 0 Å². The van der Waals surface area contributed by atoms with Gasteiger partial charge in [0.1, 0.15) is 11.5 Å². The second-order valence-electron chi connectivity index (χ2n) is 6.34. The van der Waals surface area contributed by atoms with E-state index in [0.29, 0.717) is 16.9 Å². The van der Waals surface area contributed by atoms with Gasteiger partial charge in [-0.25, -0.2) is 0 Å². The maximum atomic E-state index is 13.0. The molecular weight excluding hydrogens is 316 g/mol. The fraction of sp³-hybridized carbons (Fsp3) is 0.200. The molecule has 0 saturated carbocycles. The van der Waals surface area contributed by atoms with Gasteiger partial charge >= 0.3 is 0 Å². The molecule has 2 aromatic carbocycles. The molecule has 0 fully saturated rings. The molecule has 3 aromatic rings. The monoisotopic (exact) mass is 334 g/mol. The van der Waals surface area contributed by atoms with Crippen LogP contribution in [0.3, 0.4) is 0 Å². The normalized spacial score (nSPS) is 16.4.